The first kappa shape index (κ1) is 15.0. The average Bonchev–Trinajstić information content (AvgIpc) is 2.49. The average molecular weight is 319 g/mol. The molecule has 1 aliphatic rings. The Morgan fingerprint density at radius 1 is 1.23 bits per heavy atom. The summed E-state index contributed by atoms with van der Waals surface area (Å²) in [5.74, 6) is 0.898. The highest BCUT2D eigenvalue weighted by Gasteiger charge is 2.19. The quantitative estimate of drug-likeness (QED) is 0.841. The van der Waals surface area contributed by atoms with Gasteiger partial charge >= 0.3 is 0 Å². The fraction of sp³-hybridized carbons (Fsp3) is 0.400. The summed E-state index contributed by atoms with van der Waals surface area (Å²) in [5, 5.41) is 3.76. The van der Waals surface area contributed by atoms with E-state index in [4.69, 9.17) is 17.3 Å². The van der Waals surface area contributed by atoms with Gasteiger partial charge in [-0.2, -0.15) is 4.98 Å². The molecule has 0 unspecified atom stereocenters. The largest absolute Gasteiger partial charge is 0.368 e. The zero-order valence-corrected chi connectivity index (χ0v) is 13.0. The Bertz CT molecular complexity index is 592. The van der Waals surface area contributed by atoms with Gasteiger partial charge in [0.05, 0.1) is 0 Å². The first-order chi connectivity index (χ1) is 10.7. The summed E-state index contributed by atoms with van der Waals surface area (Å²) in [7, 11) is 0. The zero-order chi connectivity index (χ0) is 15.4. The van der Waals surface area contributed by atoms with E-state index in [9.17, 15) is 0 Å². The number of hydrogen-bond acceptors (Lipinski definition) is 6. The van der Waals surface area contributed by atoms with Gasteiger partial charge in [-0.3, -0.25) is 9.88 Å². The van der Waals surface area contributed by atoms with Crippen LogP contribution in [0.2, 0.25) is 5.15 Å². The van der Waals surface area contributed by atoms with Gasteiger partial charge in [-0.25, -0.2) is 4.98 Å². The van der Waals surface area contributed by atoms with Gasteiger partial charge < -0.3 is 11.1 Å². The Labute approximate surface area is 134 Å². The van der Waals surface area contributed by atoms with E-state index in [-0.39, 0.29) is 5.95 Å². The molecule has 3 N–H and O–H groups in total. The van der Waals surface area contributed by atoms with Gasteiger partial charge in [-0.05, 0) is 30.5 Å². The number of rotatable bonds is 4. The van der Waals surface area contributed by atoms with Crippen molar-refractivity contribution in [2.75, 3.05) is 24.1 Å². The highest BCUT2D eigenvalue weighted by atomic mass is 35.5. The van der Waals surface area contributed by atoms with E-state index >= 15 is 0 Å². The van der Waals surface area contributed by atoms with Crippen LogP contribution in [0, 0.1) is 0 Å². The molecule has 2 aromatic rings. The van der Waals surface area contributed by atoms with Crippen LogP contribution in [-0.2, 0) is 6.54 Å². The summed E-state index contributed by atoms with van der Waals surface area (Å²) in [6.07, 6.45) is 5.80. The van der Waals surface area contributed by atoms with Gasteiger partial charge in [-0.1, -0.05) is 11.6 Å². The molecule has 22 heavy (non-hydrogen) atoms. The Morgan fingerprint density at radius 3 is 2.64 bits per heavy atom. The van der Waals surface area contributed by atoms with Gasteiger partial charge in [0.1, 0.15) is 11.0 Å². The lowest BCUT2D eigenvalue weighted by atomic mass is 10.0. The molecular formula is C15H19ClN6. The fourth-order valence-corrected chi connectivity index (χ4v) is 2.89. The van der Waals surface area contributed by atoms with Crippen LogP contribution < -0.4 is 11.1 Å². The van der Waals surface area contributed by atoms with E-state index in [1.165, 1.54) is 5.56 Å². The Morgan fingerprint density at radius 2 is 1.95 bits per heavy atom. The number of nitrogens with one attached hydrogen (secondary N) is 1. The molecule has 3 heterocycles. The van der Waals surface area contributed by atoms with E-state index in [0.717, 1.165) is 32.5 Å². The summed E-state index contributed by atoms with van der Waals surface area (Å²) in [4.78, 5) is 14.5. The number of nitrogen functional groups attached to an aromatic ring is 1. The molecule has 2 aromatic heterocycles. The number of hydrogen-bond donors (Lipinski definition) is 2. The van der Waals surface area contributed by atoms with E-state index in [0.29, 0.717) is 17.0 Å². The molecule has 3 rings (SSSR count). The van der Waals surface area contributed by atoms with Crippen molar-refractivity contribution in [1.29, 1.82) is 0 Å². The standard InChI is InChI=1S/C15H19ClN6/c16-13-9-14(21-15(17)20-13)19-12-3-7-22(8-4-12)10-11-1-5-18-6-2-11/h1-2,5-6,9,12H,3-4,7-8,10H2,(H3,17,19,20,21). The summed E-state index contributed by atoms with van der Waals surface area (Å²) in [6.45, 7) is 3.07. The van der Waals surface area contributed by atoms with Crippen LogP contribution in [0.5, 0.6) is 0 Å². The predicted octanol–water partition coefficient (Wildman–Crippen LogP) is 2.18. The van der Waals surface area contributed by atoms with E-state index in [1.807, 2.05) is 12.4 Å². The number of likely N-dealkylation sites (tertiary alicyclic amines) is 1. The molecule has 116 valence electrons. The zero-order valence-electron chi connectivity index (χ0n) is 12.2. The summed E-state index contributed by atoms with van der Waals surface area (Å²) >= 11 is 5.90. The van der Waals surface area contributed by atoms with Crippen LogP contribution in [0.15, 0.2) is 30.6 Å². The van der Waals surface area contributed by atoms with Crippen LogP contribution in [0.4, 0.5) is 11.8 Å². The van der Waals surface area contributed by atoms with Gasteiger partial charge in [0, 0.05) is 44.1 Å². The molecule has 7 heteroatoms. The van der Waals surface area contributed by atoms with Gasteiger partial charge in [0.25, 0.3) is 0 Å². The molecular weight excluding hydrogens is 300 g/mol. The Hall–Kier alpha value is -1.92. The third-order valence-corrected chi connectivity index (χ3v) is 4.00. The second-order valence-electron chi connectivity index (χ2n) is 5.48. The van der Waals surface area contributed by atoms with Crippen LogP contribution in [0.1, 0.15) is 18.4 Å². The van der Waals surface area contributed by atoms with Crippen LogP contribution in [0.25, 0.3) is 0 Å². The smallest absolute Gasteiger partial charge is 0.223 e. The monoisotopic (exact) mass is 318 g/mol. The molecule has 0 saturated carbocycles. The normalized spacial score (nSPS) is 16.6. The maximum atomic E-state index is 5.90. The van der Waals surface area contributed by atoms with Gasteiger partial charge in [-0.15, -0.1) is 0 Å². The molecule has 1 fully saturated rings. The highest BCUT2D eigenvalue weighted by molar-refractivity contribution is 6.29. The fourth-order valence-electron chi connectivity index (χ4n) is 2.70. The molecule has 0 amide bonds. The first-order valence-corrected chi connectivity index (χ1v) is 7.75. The van der Waals surface area contributed by atoms with E-state index < -0.39 is 0 Å². The van der Waals surface area contributed by atoms with Crippen LogP contribution in [-0.4, -0.2) is 39.0 Å². The number of halogens is 1. The molecule has 1 saturated heterocycles. The van der Waals surface area contributed by atoms with Crippen molar-refractivity contribution < 1.29 is 0 Å². The molecule has 0 spiro atoms. The Kier molecular flexibility index (Phi) is 4.70. The Balaban J connectivity index is 1.51. The maximum Gasteiger partial charge on any atom is 0.223 e. The molecule has 0 bridgehead atoms. The molecule has 1 aliphatic heterocycles. The van der Waals surface area contributed by atoms with Crippen molar-refractivity contribution in [3.05, 3.63) is 41.3 Å². The lowest BCUT2D eigenvalue weighted by Gasteiger charge is -2.32. The van der Waals surface area contributed by atoms with Crippen molar-refractivity contribution in [2.24, 2.45) is 0 Å². The summed E-state index contributed by atoms with van der Waals surface area (Å²) in [6, 6.07) is 6.23. The topological polar surface area (TPSA) is 80.0 Å². The molecule has 0 aromatic carbocycles. The summed E-state index contributed by atoms with van der Waals surface area (Å²) < 4.78 is 0. The van der Waals surface area contributed by atoms with E-state index in [1.54, 1.807) is 6.07 Å². The minimum absolute atomic E-state index is 0.199. The van der Waals surface area contributed by atoms with Crippen molar-refractivity contribution >= 4 is 23.4 Å². The molecule has 0 radical (unpaired) electrons. The van der Waals surface area contributed by atoms with Gasteiger partial charge in [0.2, 0.25) is 5.95 Å². The maximum absolute atomic E-state index is 5.90. The third kappa shape index (κ3) is 4.05. The lowest BCUT2D eigenvalue weighted by molar-refractivity contribution is 0.211. The lowest BCUT2D eigenvalue weighted by Crippen LogP contribution is -2.38. The van der Waals surface area contributed by atoms with Crippen molar-refractivity contribution in [2.45, 2.75) is 25.4 Å². The van der Waals surface area contributed by atoms with Crippen molar-refractivity contribution in [3.63, 3.8) is 0 Å². The van der Waals surface area contributed by atoms with Crippen molar-refractivity contribution in [1.82, 2.24) is 19.9 Å². The number of nitrogens with zero attached hydrogens (tertiary/aromatic N) is 4. The second kappa shape index (κ2) is 6.89. The summed E-state index contributed by atoms with van der Waals surface area (Å²) in [5.41, 5.74) is 6.92. The highest BCUT2D eigenvalue weighted by Crippen LogP contribution is 2.19. The number of anilines is 2. The van der Waals surface area contributed by atoms with E-state index in [2.05, 4.69) is 37.3 Å². The van der Waals surface area contributed by atoms with Crippen LogP contribution >= 0.6 is 11.6 Å². The minimum atomic E-state index is 0.199. The molecule has 0 atom stereocenters. The number of nitrogens with two attached hydrogens (primary N) is 1. The van der Waals surface area contributed by atoms with Gasteiger partial charge in [0.15, 0.2) is 0 Å². The number of piperidine rings is 1. The van der Waals surface area contributed by atoms with Crippen LogP contribution in [0.3, 0.4) is 0 Å². The second-order valence-corrected chi connectivity index (χ2v) is 5.87. The molecule has 6 nitrogen and oxygen atoms in total. The van der Waals surface area contributed by atoms with Crippen molar-refractivity contribution in [3.8, 4) is 0 Å². The number of aromatic nitrogens is 3. The predicted molar refractivity (Wildman–Crippen MR) is 87.6 cm³/mol. The number of pyridine rings is 1. The molecule has 0 aliphatic carbocycles. The minimum Gasteiger partial charge on any atom is -0.368 e. The first-order valence-electron chi connectivity index (χ1n) is 7.37. The third-order valence-electron chi connectivity index (χ3n) is 3.81. The SMILES string of the molecule is Nc1nc(Cl)cc(NC2CCN(Cc3ccncc3)CC2)n1.